The van der Waals surface area contributed by atoms with Crippen molar-refractivity contribution in [1.29, 1.82) is 0 Å². The third-order valence-electron chi connectivity index (χ3n) is 2.89. The molecular weight excluding hydrogens is 295 g/mol. The molecule has 0 aliphatic heterocycles. The van der Waals surface area contributed by atoms with Crippen LogP contribution in [0.25, 0.3) is 10.9 Å². The van der Waals surface area contributed by atoms with Gasteiger partial charge in [-0.25, -0.2) is 0 Å². The molecule has 0 atom stereocenters. The van der Waals surface area contributed by atoms with Gasteiger partial charge in [-0.15, -0.1) is 0 Å². The fraction of sp³-hybridized carbons (Fsp3) is 0.308. The Hall–Kier alpha value is -1.53. The Bertz CT molecular complexity index is 649. The number of aromatic nitrogens is 1. The summed E-state index contributed by atoms with van der Waals surface area (Å²) in [5.41, 5.74) is 0.0383. The molecule has 1 heterocycles. The van der Waals surface area contributed by atoms with E-state index < -0.39 is 17.5 Å². The molecule has 0 unspecified atom stereocenters. The highest BCUT2D eigenvalue weighted by Crippen LogP contribution is 2.32. The van der Waals surface area contributed by atoms with Crippen molar-refractivity contribution >= 4 is 28.3 Å². The van der Waals surface area contributed by atoms with Crippen LogP contribution in [0.1, 0.15) is 10.4 Å². The van der Waals surface area contributed by atoms with Crippen molar-refractivity contribution in [1.82, 2.24) is 4.57 Å². The van der Waals surface area contributed by atoms with Crippen LogP contribution < -0.4 is 0 Å². The van der Waals surface area contributed by atoms with Gasteiger partial charge in [0, 0.05) is 25.2 Å². The number of carbonyl (C=O) groups is 1. The average molecular weight is 306 g/mol. The van der Waals surface area contributed by atoms with E-state index in [4.69, 9.17) is 16.3 Å². The predicted molar refractivity (Wildman–Crippen MR) is 69.2 cm³/mol. The van der Waals surface area contributed by atoms with Crippen LogP contribution in [-0.4, -0.2) is 30.2 Å². The monoisotopic (exact) mass is 305 g/mol. The maximum absolute atomic E-state index is 12.6. The summed E-state index contributed by atoms with van der Waals surface area (Å²) in [6.45, 7) is 0.647. The summed E-state index contributed by atoms with van der Waals surface area (Å²) in [6.07, 6.45) is -3.76. The Morgan fingerprint density at radius 3 is 2.70 bits per heavy atom. The van der Waals surface area contributed by atoms with Crippen LogP contribution in [0.3, 0.4) is 0 Å². The summed E-state index contributed by atoms with van der Waals surface area (Å²) in [4.78, 5) is 11.5. The Morgan fingerprint density at radius 1 is 1.40 bits per heavy atom. The number of ether oxygens (including phenoxy) is 1. The molecule has 0 N–H and O–H groups in total. The zero-order valence-corrected chi connectivity index (χ0v) is 11.3. The van der Waals surface area contributed by atoms with Crippen molar-refractivity contribution in [2.24, 2.45) is 0 Å². The second kappa shape index (κ2) is 5.46. The average Bonchev–Trinajstić information content (AvgIpc) is 2.74. The van der Waals surface area contributed by atoms with Crippen molar-refractivity contribution in [2.75, 3.05) is 13.7 Å². The van der Waals surface area contributed by atoms with E-state index in [0.29, 0.717) is 18.7 Å². The summed E-state index contributed by atoms with van der Waals surface area (Å²) in [6, 6.07) is 4.69. The Balaban J connectivity index is 2.63. The minimum Gasteiger partial charge on any atom is -0.383 e. The number of hydrogen-bond acceptors (Lipinski definition) is 2. The second-order valence-electron chi connectivity index (χ2n) is 4.19. The Labute approximate surface area is 117 Å². The molecule has 1 aromatic carbocycles. The number of carbonyl (C=O) groups excluding carboxylic acids is 1. The lowest BCUT2D eigenvalue weighted by Crippen LogP contribution is -2.22. The summed E-state index contributed by atoms with van der Waals surface area (Å²) in [7, 11) is 1.49. The molecule has 20 heavy (non-hydrogen) atoms. The lowest BCUT2D eigenvalue weighted by molar-refractivity contribution is -0.0884. The Morgan fingerprint density at radius 2 is 2.10 bits per heavy atom. The highest BCUT2D eigenvalue weighted by molar-refractivity contribution is 6.37. The van der Waals surface area contributed by atoms with Gasteiger partial charge in [0.25, 0.3) is 5.78 Å². The van der Waals surface area contributed by atoms with Crippen LogP contribution in [0.5, 0.6) is 0 Å². The fourth-order valence-corrected chi connectivity index (χ4v) is 2.28. The maximum atomic E-state index is 12.6. The van der Waals surface area contributed by atoms with E-state index in [9.17, 15) is 18.0 Å². The van der Waals surface area contributed by atoms with Crippen molar-refractivity contribution in [3.63, 3.8) is 0 Å². The third-order valence-corrected chi connectivity index (χ3v) is 3.21. The largest absolute Gasteiger partial charge is 0.454 e. The predicted octanol–water partition coefficient (Wildman–Crippen LogP) is 3.69. The number of Topliss-reactive ketones (excluding diaryl/α,β-unsaturated/α-hetero) is 1. The molecule has 0 spiro atoms. The van der Waals surface area contributed by atoms with E-state index in [-0.39, 0.29) is 10.4 Å². The van der Waals surface area contributed by atoms with Gasteiger partial charge in [0.2, 0.25) is 0 Å². The van der Waals surface area contributed by atoms with Gasteiger partial charge in [0.15, 0.2) is 0 Å². The lowest BCUT2D eigenvalue weighted by Gasteiger charge is -2.04. The second-order valence-corrected chi connectivity index (χ2v) is 4.60. The zero-order valence-electron chi connectivity index (χ0n) is 10.5. The zero-order chi connectivity index (χ0) is 14.9. The van der Waals surface area contributed by atoms with Gasteiger partial charge in [-0.2, -0.15) is 13.2 Å². The topological polar surface area (TPSA) is 31.2 Å². The number of methoxy groups -OCH3 is 1. The quantitative estimate of drug-likeness (QED) is 0.807. The normalized spacial score (nSPS) is 12.1. The minimum absolute atomic E-state index is 0.117. The number of halogens is 4. The lowest BCUT2D eigenvalue weighted by atomic mass is 10.1. The third kappa shape index (κ3) is 2.66. The molecular formula is C13H11ClF3NO2. The molecule has 7 heteroatoms. The van der Waals surface area contributed by atoms with Gasteiger partial charge < -0.3 is 9.30 Å². The van der Waals surface area contributed by atoms with Crippen LogP contribution in [0.15, 0.2) is 24.4 Å². The SMILES string of the molecule is COCCn1cc(C(=O)C(F)(F)F)c2c(Cl)cccc21. The van der Waals surface area contributed by atoms with Crippen LogP contribution in [0.4, 0.5) is 13.2 Å². The van der Waals surface area contributed by atoms with E-state index in [1.165, 1.54) is 23.9 Å². The first-order valence-corrected chi connectivity index (χ1v) is 6.12. The maximum Gasteiger partial charge on any atom is 0.454 e. The highest BCUT2D eigenvalue weighted by atomic mass is 35.5. The van der Waals surface area contributed by atoms with E-state index >= 15 is 0 Å². The molecule has 108 valence electrons. The van der Waals surface area contributed by atoms with Crippen LogP contribution >= 0.6 is 11.6 Å². The van der Waals surface area contributed by atoms with Crippen LogP contribution in [0.2, 0.25) is 5.02 Å². The fourth-order valence-electron chi connectivity index (χ4n) is 2.01. The molecule has 3 nitrogen and oxygen atoms in total. The van der Waals surface area contributed by atoms with Crippen LogP contribution in [-0.2, 0) is 11.3 Å². The van der Waals surface area contributed by atoms with Gasteiger partial charge in [-0.05, 0) is 12.1 Å². The summed E-state index contributed by atoms with van der Waals surface area (Å²) < 4.78 is 44.3. The number of benzene rings is 1. The van der Waals surface area contributed by atoms with E-state index in [1.807, 2.05) is 0 Å². The van der Waals surface area contributed by atoms with Gasteiger partial charge >= 0.3 is 6.18 Å². The molecule has 0 amide bonds. The van der Waals surface area contributed by atoms with Crippen molar-refractivity contribution in [3.8, 4) is 0 Å². The smallest absolute Gasteiger partial charge is 0.383 e. The van der Waals surface area contributed by atoms with E-state index in [2.05, 4.69) is 0 Å². The molecule has 1 aromatic heterocycles. The number of rotatable bonds is 4. The van der Waals surface area contributed by atoms with Crippen molar-refractivity contribution < 1.29 is 22.7 Å². The summed E-state index contributed by atoms with van der Waals surface area (Å²) in [5.74, 6) is -1.90. The molecule has 0 fully saturated rings. The number of alkyl halides is 3. The number of hydrogen-bond donors (Lipinski definition) is 0. The number of fused-ring (bicyclic) bond motifs is 1. The highest BCUT2D eigenvalue weighted by Gasteiger charge is 2.41. The molecule has 0 saturated heterocycles. The first kappa shape index (κ1) is 14.9. The molecule has 0 aliphatic rings. The molecule has 0 aliphatic carbocycles. The van der Waals surface area contributed by atoms with Gasteiger partial charge in [0.05, 0.1) is 22.7 Å². The van der Waals surface area contributed by atoms with E-state index in [0.717, 1.165) is 0 Å². The number of nitrogens with zero attached hydrogens (tertiary/aromatic N) is 1. The molecule has 0 saturated carbocycles. The first-order valence-electron chi connectivity index (χ1n) is 5.74. The molecule has 0 bridgehead atoms. The van der Waals surface area contributed by atoms with E-state index in [1.54, 1.807) is 12.1 Å². The summed E-state index contributed by atoms with van der Waals surface area (Å²) in [5, 5.41) is 0.235. The standard InChI is InChI=1S/C13H11ClF3NO2/c1-20-6-5-18-7-8(12(19)13(15,16)17)11-9(14)3-2-4-10(11)18/h2-4,7H,5-6H2,1H3. The minimum atomic E-state index is -4.93. The van der Waals surface area contributed by atoms with Gasteiger partial charge in [-0.1, -0.05) is 17.7 Å². The van der Waals surface area contributed by atoms with Gasteiger partial charge in [0.1, 0.15) is 0 Å². The van der Waals surface area contributed by atoms with Crippen molar-refractivity contribution in [2.45, 2.75) is 12.7 Å². The first-order chi connectivity index (χ1) is 9.36. The summed E-state index contributed by atoms with van der Waals surface area (Å²) >= 11 is 5.94. The molecule has 0 radical (unpaired) electrons. The van der Waals surface area contributed by atoms with Crippen molar-refractivity contribution in [3.05, 3.63) is 35.0 Å². The number of ketones is 1. The van der Waals surface area contributed by atoms with Crippen LogP contribution in [0, 0.1) is 0 Å². The molecule has 2 aromatic rings. The Kier molecular flexibility index (Phi) is 4.06. The molecule has 2 rings (SSSR count). The van der Waals surface area contributed by atoms with Gasteiger partial charge in [-0.3, -0.25) is 4.79 Å².